The summed E-state index contributed by atoms with van der Waals surface area (Å²) < 4.78 is 0. The molecule has 13 rings (SSSR count). The van der Waals surface area contributed by atoms with Crippen LogP contribution in [-0.2, 0) is 0 Å². The van der Waals surface area contributed by atoms with E-state index in [9.17, 15) is 0 Å². The summed E-state index contributed by atoms with van der Waals surface area (Å²) in [6.45, 7) is 0. The van der Waals surface area contributed by atoms with Crippen LogP contribution in [0.5, 0.6) is 0 Å². The van der Waals surface area contributed by atoms with Crippen molar-refractivity contribution in [2.75, 3.05) is 0 Å². The van der Waals surface area contributed by atoms with Crippen molar-refractivity contribution in [3.63, 3.8) is 0 Å². The highest BCUT2D eigenvalue weighted by Gasteiger charge is 2.18. The van der Waals surface area contributed by atoms with Gasteiger partial charge in [0, 0.05) is 0 Å². The van der Waals surface area contributed by atoms with Crippen LogP contribution >= 0.6 is 0 Å². The zero-order chi connectivity index (χ0) is 39.3. The highest BCUT2D eigenvalue weighted by Crippen LogP contribution is 2.45. The third-order valence-electron chi connectivity index (χ3n) is 13.1. The Morgan fingerprint density at radius 1 is 0.167 bits per heavy atom. The summed E-state index contributed by atoms with van der Waals surface area (Å²) >= 11 is 0. The molecule has 0 unspecified atom stereocenters. The van der Waals surface area contributed by atoms with E-state index in [1.165, 1.54) is 131 Å². The van der Waals surface area contributed by atoms with Gasteiger partial charge in [-0.05, 0) is 167 Å². The topological polar surface area (TPSA) is 0 Å². The van der Waals surface area contributed by atoms with E-state index in [0.29, 0.717) is 0 Å². The molecule has 60 heavy (non-hydrogen) atoms. The summed E-state index contributed by atoms with van der Waals surface area (Å²) in [4.78, 5) is 0. The van der Waals surface area contributed by atoms with E-state index in [4.69, 9.17) is 0 Å². The van der Waals surface area contributed by atoms with Gasteiger partial charge in [-0.15, -0.1) is 0 Å². The van der Waals surface area contributed by atoms with Gasteiger partial charge >= 0.3 is 0 Å². The van der Waals surface area contributed by atoms with Gasteiger partial charge in [-0.3, -0.25) is 0 Å². The molecule has 0 fully saturated rings. The second kappa shape index (κ2) is 12.9. The highest BCUT2D eigenvalue weighted by atomic mass is 14.2. The molecule has 13 aromatic rings. The predicted molar refractivity (Wildman–Crippen MR) is 259 cm³/mol. The Morgan fingerprint density at radius 2 is 0.517 bits per heavy atom. The lowest BCUT2D eigenvalue weighted by atomic mass is 9.85. The second-order valence-electron chi connectivity index (χ2n) is 16.4. The molecule has 0 spiro atoms. The summed E-state index contributed by atoms with van der Waals surface area (Å²) in [7, 11) is 0. The molecule has 0 heterocycles. The number of fused-ring (bicyclic) bond motifs is 1. The first-order chi connectivity index (χ1) is 29.7. The van der Waals surface area contributed by atoms with E-state index in [-0.39, 0.29) is 0 Å². The SMILES string of the molecule is c1ccc(-c2cc(-c3cc(-c4cccc5ccccc45)cc(-c4ccc5ccc6cccc7ccc4c5c67)c3)cc(-c3ccc4ccc5cccc6ccc3c4c56)c2)cc1. The molecule has 0 atom stereocenters. The molecule has 0 aliphatic rings. The molecule has 0 aromatic heterocycles. The van der Waals surface area contributed by atoms with Crippen LogP contribution in [0.3, 0.4) is 0 Å². The van der Waals surface area contributed by atoms with Crippen LogP contribution < -0.4 is 0 Å². The molecule has 0 aliphatic heterocycles. The Hall–Kier alpha value is -7.80. The summed E-state index contributed by atoms with van der Waals surface area (Å²) in [6, 6.07) is 81.7. The molecule has 13 aromatic carbocycles. The summed E-state index contributed by atoms with van der Waals surface area (Å²) in [5, 5.41) is 18.1. The van der Waals surface area contributed by atoms with Crippen LogP contribution in [0.4, 0.5) is 0 Å². The monoisotopic (exact) mass is 756 g/mol. The largest absolute Gasteiger partial charge is 0.0622 e. The molecule has 0 amide bonds. The molecule has 0 bridgehead atoms. The van der Waals surface area contributed by atoms with Gasteiger partial charge in [0.05, 0.1) is 0 Å². The van der Waals surface area contributed by atoms with Crippen LogP contribution in [0.2, 0.25) is 0 Å². The molecule has 276 valence electrons. The van der Waals surface area contributed by atoms with Gasteiger partial charge in [0.1, 0.15) is 0 Å². The van der Waals surface area contributed by atoms with E-state index in [2.05, 4.69) is 218 Å². The van der Waals surface area contributed by atoms with Gasteiger partial charge < -0.3 is 0 Å². The minimum absolute atomic E-state index is 1.19. The first-order valence-corrected chi connectivity index (χ1v) is 20.9. The van der Waals surface area contributed by atoms with Crippen LogP contribution in [-0.4, -0.2) is 0 Å². The number of hydrogen-bond donors (Lipinski definition) is 0. The Kier molecular flexibility index (Phi) is 7.11. The van der Waals surface area contributed by atoms with Crippen molar-refractivity contribution >= 4 is 75.4 Å². The molecule has 0 aliphatic carbocycles. The van der Waals surface area contributed by atoms with Crippen molar-refractivity contribution in [1.29, 1.82) is 0 Å². The van der Waals surface area contributed by atoms with Crippen molar-refractivity contribution in [2.24, 2.45) is 0 Å². The van der Waals surface area contributed by atoms with Crippen molar-refractivity contribution in [3.8, 4) is 55.6 Å². The zero-order valence-corrected chi connectivity index (χ0v) is 32.8. The Labute approximate surface area is 347 Å². The van der Waals surface area contributed by atoms with E-state index in [1.807, 2.05) is 0 Å². The normalized spacial score (nSPS) is 12.0. The van der Waals surface area contributed by atoms with E-state index in [0.717, 1.165) is 0 Å². The lowest BCUT2D eigenvalue weighted by molar-refractivity contribution is 1.57. The van der Waals surface area contributed by atoms with Crippen LogP contribution in [0, 0.1) is 0 Å². The van der Waals surface area contributed by atoms with Crippen LogP contribution in [0.15, 0.2) is 218 Å². The second-order valence-corrected chi connectivity index (χ2v) is 16.4. The Balaban J connectivity index is 1.10. The molecule has 0 heteroatoms. The molecule has 0 nitrogen and oxygen atoms in total. The zero-order valence-electron chi connectivity index (χ0n) is 32.8. The van der Waals surface area contributed by atoms with Crippen LogP contribution in [0.1, 0.15) is 0 Å². The van der Waals surface area contributed by atoms with Gasteiger partial charge in [0.25, 0.3) is 0 Å². The lowest BCUT2D eigenvalue weighted by Gasteiger charge is -2.18. The quantitative estimate of drug-likeness (QED) is 0.153. The maximum Gasteiger partial charge on any atom is -0.00206 e. The van der Waals surface area contributed by atoms with E-state index >= 15 is 0 Å². The smallest absolute Gasteiger partial charge is 0.00206 e. The first kappa shape index (κ1) is 33.2. The minimum atomic E-state index is 1.19. The summed E-state index contributed by atoms with van der Waals surface area (Å²) in [5.74, 6) is 0. The van der Waals surface area contributed by atoms with E-state index < -0.39 is 0 Å². The number of hydrogen-bond acceptors (Lipinski definition) is 0. The Bertz CT molecular complexity index is 3780. The fraction of sp³-hybridized carbons (Fsp3) is 0. The van der Waals surface area contributed by atoms with Crippen LogP contribution in [0.25, 0.3) is 131 Å². The Morgan fingerprint density at radius 3 is 1.07 bits per heavy atom. The average molecular weight is 757 g/mol. The summed E-state index contributed by atoms with van der Waals surface area (Å²) in [5.41, 5.74) is 12.2. The molecule has 0 N–H and O–H groups in total. The fourth-order valence-electron chi connectivity index (χ4n) is 10.3. The van der Waals surface area contributed by atoms with Crippen molar-refractivity contribution in [3.05, 3.63) is 218 Å². The molecular formula is C60H36. The third kappa shape index (κ3) is 5.04. The molecule has 0 saturated carbocycles. The third-order valence-corrected chi connectivity index (χ3v) is 13.1. The van der Waals surface area contributed by atoms with Crippen molar-refractivity contribution in [2.45, 2.75) is 0 Å². The minimum Gasteiger partial charge on any atom is -0.0622 e. The van der Waals surface area contributed by atoms with E-state index in [1.54, 1.807) is 0 Å². The predicted octanol–water partition coefficient (Wildman–Crippen LogP) is 17.0. The van der Waals surface area contributed by atoms with Crippen molar-refractivity contribution < 1.29 is 0 Å². The maximum atomic E-state index is 2.43. The van der Waals surface area contributed by atoms with Gasteiger partial charge in [0.2, 0.25) is 0 Å². The lowest BCUT2D eigenvalue weighted by Crippen LogP contribution is -1.92. The van der Waals surface area contributed by atoms with Crippen molar-refractivity contribution in [1.82, 2.24) is 0 Å². The molecular weight excluding hydrogens is 721 g/mol. The van der Waals surface area contributed by atoms with Gasteiger partial charge in [-0.1, -0.05) is 182 Å². The molecule has 0 saturated heterocycles. The summed E-state index contributed by atoms with van der Waals surface area (Å²) in [6.07, 6.45) is 0. The maximum absolute atomic E-state index is 2.43. The standard InChI is InChI=1S/C60H36/c1-2-9-37(10-3-1)45-31-46(33-48(32-45)53-27-23-43-21-19-39-13-6-15-41-25-29-55(53)59(43)57(39)41)47-34-49(52-18-8-12-38-11-4-5-17-51(38)52)36-50(35-47)54-28-24-44-22-20-40-14-7-16-42-26-30-56(54)60(44)58(40)42/h1-36H. The first-order valence-electron chi connectivity index (χ1n) is 20.9. The van der Waals surface area contributed by atoms with Gasteiger partial charge in [-0.25, -0.2) is 0 Å². The highest BCUT2D eigenvalue weighted by molar-refractivity contribution is 6.27. The molecule has 0 radical (unpaired) electrons. The van der Waals surface area contributed by atoms with Gasteiger partial charge in [-0.2, -0.15) is 0 Å². The van der Waals surface area contributed by atoms with Gasteiger partial charge in [0.15, 0.2) is 0 Å². The fourth-order valence-corrected chi connectivity index (χ4v) is 10.3. The number of benzene rings is 13. The average Bonchev–Trinajstić information content (AvgIpc) is 3.32. The number of rotatable bonds is 5.